The van der Waals surface area contributed by atoms with Crippen LogP contribution in [0.4, 0.5) is 17.1 Å². The van der Waals surface area contributed by atoms with Crippen molar-refractivity contribution in [3.05, 3.63) is 12.1 Å². The Labute approximate surface area is 87.6 Å². The Hall–Kier alpha value is -1.91. The fourth-order valence-electron chi connectivity index (χ4n) is 1.49. The van der Waals surface area contributed by atoms with Gasteiger partial charge in [-0.15, -0.1) is 0 Å². The van der Waals surface area contributed by atoms with Gasteiger partial charge in [-0.1, -0.05) is 0 Å². The predicted octanol–water partition coefficient (Wildman–Crippen LogP) is 1.03. The van der Waals surface area contributed by atoms with Gasteiger partial charge in [-0.2, -0.15) is 0 Å². The zero-order valence-corrected chi connectivity index (χ0v) is 8.46. The van der Waals surface area contributed by atoms with Crippen LogP contribution in [-0.2, 0) is 4.79 Å². The van der Waals surface area contributed by atoms with Crippen molar-refractivity contribution in [2.45, 2.75) is 6.92 Å². The molecule has 5 heteroatoms. The van der Waals surface area contributed by atoms with Crippen molar-refractivity contribution in [1.29, 1.82) is 0 Å². The van der Waals surface area contributed by atoms with E-state index in [0.717, 1.165) is 12.2 Å². The average molecular weight is 207 g/mol. The van der Waals surface area contributed by atoms with E-state index in [9.17, 15) is 4.79 Å². The van der Waals surface area contributed by atoms with Crippen LogP contribution in [-0.4, -0.2) is 19.1 Å². The molecule has 5 nitrogen and oxygen atoms in total. The lowest BCUT2D eigenvalue weighted by atomic mass is 10.2. The summed E-state index contributed by atoms with van der Waals surface area (Å²) in [6.45, 7) is 2.80. The fraction of sp³-hybridized carbons (Fsp3) is 0.300. The first-order valence-corrected chi connectivity index (χ1v) is 4.80. The number of carbonyl (C=O) groups excluding carboxylic acids is 1. The molecule has 1 aliphatic heterocycles. The van der Waals surface area contributed by atoms with Crippen molar-refractivity contribution in [2.75, 3.05) is 29.5 Å². The molecular formula is C10H13N3O2. The second kappa shape index (κ2) is 3.68. The SMILES string of the molecule is CCNc1cc2c(cc1N)OCC(=O)N2. The smallest absolute Gasteiger partial charge is 0.262 e. The van der Waals surface area contributed by atoms with Gasteiger partial charge in [0, 0.05) is 12.6 Å². The van der Waals surface area contributed by atoms with E-state index in [1.807, 2.05) is 6.92 Å². The maximum Gasteiger partial charge on any atom is 0.262 e. The zero-order chi connectivity index (χ0) is 10.8. The Morgan fingerprint density at radius 1 is 1.60 bits per heavy atom. The van der Waals surface area contributed by atoms with Gasteiger partial charge in [-0.05, 0) is 13.0 Å². The molecule has 0 saturated heterocycles. The van der Waals surface area contributed by atoms with E-state index in [0.29, 0.717) is 17.1 Å². The Balaban J connectivity index is 2.38. The van der Waals surface area contributed by atoms with Gasteiger partial charge in [0.1, 0.15) is 5.75 Å². The standard InChI is InChI=1S/C10H13N3O2/c1-2-12-7-4-8-9(3-6(7)11)15-5-10(14)13-8/h3-4,12H,2,5,11H2,1H3,(H,13,14). The molecular weight excluding hydrogens is 194 g/mol. The Morgan fingerprint density at radius 3 is 3.13 bits per heavy atom. The van der Waals surface area contributed by atoms with Gasteiger partial charge in [0.05, 0.1) is 17.1 Å². The van der Waals surface area contributed by atoms with Crippen LogP contribution in [0.25, 0.3) is 0 Å². The highest BCUT2D eigenvalue weighted by atomic mass is 16.5. The fourth-order valence-corrected chi connectivity index (χ4v) is 1.49. The molecule has 0 unspecified atom stereocenters. The molecule has 2 rings (SSSR count). The molecule has 1 heterocycles. The molecule has 0 fully saturated rings. The van der Waals surface area contributed by atoms with Gasteiger partial charge < -0.3 is 21.1 Å². The number of ether oxygens (including phenoxy) is 1. The first kappa shape index (κ1) is 9.64. The largest absolute Gasteiger partial charge is 0.482 e. The molecule has 0 atom stereocenters. The minimum absolute atomic E-state index is 0.0486. The van der Waals surface area contributed by atoms with Crippen molar-refractivity contribution in [1.82, 2.24) is 0 Å². The quantitative estimate of drug-likeness (QED) is 0.633. The summed E-state index contributed by atoms with van der Waals surface area (Å²) in [6.07, 6.45) is 0. The van der Waals surface area contributed by atoms with Crippen molar-refractivity contribution in [3.63, 3.8) is 0 Å². The summed E-state index contributed by atoms with van der Waals surface area (Å²) >= 11 is 0. The lowest BCUT2D eigenvalue weighted by Gasteiger charge is -2.20. The molecule has 1 aliphatic rings. The summed E-state index contributed by atoms with van der Waals surface area (Å²) in [4.78, 5) is 11.1. The highest BCUT2D eigenvalue weighted by Gasteiger charge is 2.17. The molecule has 4 N–H and O–H groups in total. The van der Waals surface area contributed by atoms with Crippen molar-refractivity contribution >= 4 is 23.0 Å². The normalized spacial score (nSPS) is 13.8. The van der Waals surface area contributed by atoms with Crippen LogP contribution in [0.5, 0.6) is 5.75 Å². The summed E-state index contributed by atoms with van der Waals surface area (Å²) in [7, 11) is 0. The molecule has 80 valence electrons. The molecule has 0 radical (unpaired) electrons. The molecule has 0 spiro atoms. The van der Waals surface area contributed by atoms with Crippen LogP contribution >= 0.6 is 0 Å². The van der Waals surface area contributed by atoms with Crippen LogP contribution in [0, 0.1) is 0 Å². The second-order valence-corrected chi connectivity index (χ2v) is 3.30. The third kappa shape index (κ3) is 1.81. The lowest BCUT2D eigenvalue weighted by Crippen LogP contribution is -2.25. The van der Waals surface area contributed by atoms with Gasteiger partial charge in [-0.3, -0.25) is 4.79 Å². The highest BCUT2D eigenvalue weighted by Crippen LogP contribution is 2.34. The number of nitrogens with two attached hydrogens (primary N) is 1. The number of carbonyl (C=O) groups is 1. The number of hydrogen-bond donors (Lipinski definition) is 3. The van der Waals surface area contributed by atoms with Gasteiger partial charge in [-0.25, -0.2) is 0 Å². The summed E-state index contributed by atoms with van der Waals surface area (Å²) < 4.78 is 5.23. The Morgan fingerprint density at radius 2 is 2.40 bits per heavy atom. The molecule has 1 amide bonds. The number of fused-ring (bicyclic) bond motifs is 1. The number of amides is 1. The van der Waals surface area contributed by atoms with Crippen LogP contribution in [0.2, 0.25) is 0 Å². The van der Waals surface area contributed by atoms with E-state index in [-0.39, 0.29) is 12.5 Å². The van der Waals surface area contributed by atoms with E-state index in [2.05, 4.69) is 10.6 Å². The minimum atomic E-state index is -0.144. The Kier molecular flexibility index (Phi) is 2.37. The summed E-state index contributed by atoms with van der Waals surface area (Å²) in [5, 5.41) is 5.84. The molecule has 0 aromatic heterocycles. The van der Waals surface area contributed by atoms with Gasteiger partial charge in [0.2, 0.25) is 0 Å². The number of benzene rings is 1. The van der Waals surface area contributed by atoms with E-state index < -0.39 is 0 Å². The highest BCUT2D eigenvalue weighted by molar-refractivity contribution is 5.97. The van der Waals surface area contributed by atoms with E-state index in [4.69, 9.17) is 10.5 Å². The van der Waals surface area contributed by atoms with Crippen molar-refractivity contribution in [2.24, 2.45) is 0 Å². The van der Waals surface area contributed by atoms with Crippen LogP contribution in [0.3, 0.4) is 0 Å². The number of nitrogen functional groups attached to an aromatic ring is 1. The van der Waals surface area contributed by atoms with Gasteiger partial charge in [0.15, 0.2) is 6.61 Å². The monoisotopic (exact) mass is 207 g/mol. The maximum atomic E-state index is 11.1. The van der Waals surface area contributed by atoms with Crippen LogP contribution in [0.15, 0.2) is 12.1 Å². The number of nitrogens with one attached hydrogen (secondary N) is 2. The van der Waals surface area contributed by atoms with E-state index >= 15 is 0 Å². The molecule has 1 aromatic rings. The summed E-state index contributed by atoms with van der Waals surface area (Å²) in [6, 6.07) is 3.50. The number of anilines is 3. The average Bonchev–Trinajstić information content (AvgIpc) is 2.20. The van der Waals surface area contributed by atoms with Gasteiger partial charge >= 0.3 is 0 Å². The molecule has 1 aromatic carbocycles. The third-order valence-electron chi connectivity index (χ3n) is 2.15. The molecule has 0 aliphatic carbocycles. The summed E-state index contributed by atoms with van der Waals surface area (Å²) in [5.41, 5.74) is 7.90. The van der Waals surface area contributed by atoms with Crippen LogP contribution < -0.4 is 21.1 Å². The second-order valence-electron chi connectivity index (χ2n) is 3.30. The topological polar surface area (TPSA) is 76.4 Å². The zero-order valence-electron chi connectivity index (χ0n) is 8.46. The van der Waals surface area contributed by atoms with E-state index in [1.54, 1.807) is 12.1 Å². The Bertz CT molecular complexity index is 404. The number of rotatable bonds is 2. The van der Waals surface area contributed by atoms with Gasteiger partial charge in [0.25, 0.3) is 5.91 Å². The van der Waals surface area contributed by atoms with E-state index in [1.165, 1.54) is 0 Å². The maximum absolute atomic E-state index is 11.1. The minimum Gasteiger partial charge on any atom is -0.482 e. The number of hydrogen-bond acceptors (Lipinski definition) is 4. The first-order valence-electron chi connectivity index (χ1n) is 4.80. The summed E-state index contributed by atoms with van der Waals surface area (Å²) in [5.74, 6) is 0.475. The third-order valence-corrected chi connectivity index (χ3v) is 2.15. The predicted molar refractivity (Wildman–Crippen MR) is 59.1 cm³/mol. The molecule has 0 bridgehead atoms. The first-order chi connectivity index (χ1) is 7.20. The molecule has 15 heavy (non-hydrogen) atoms. The van der Waals surface area contributed by atoms with Crippen LogP contribution in [0.1, 0.15) is 6.92 Å². The molecule has 0 saturated carbocycles. The van der Waals surface area contributed by atoms with Crippen molar-refractivity contribution in [3.8, 4) is 5.75 Å². The lowest BCUT2D eigenvalue weighted by molar-refractivity contribution is -0.118. The van der Waals surface area contributed by atoms with Crippen molar-refractivity contribution < 1.29 is 9.53 Å².